The molecule has 0 radical (unpaired) electrons. The highest BCUT2D eigenvalue weighted by Crippen LogP contribution is 2.29. The third kappa shape index (κ3) is 4.49. The molecule has 0 aliphatic heterocycles. The molecule has 0 heterocycles. The van der Waals surface area contributed by atoms with E-state index in [9.17, 15) is 13.2 Å². The molecule has 0 spiro atoms. The van der Waals surface area contributed by atoms with Crippen LogP contribution in [-0.4, -0.2) is 21.4 Å². The second kappa shape index (κ2) is 8.68. The fraction of sp³-hybridized carbons (Fsp3) is 0.0952. The van der Waals surface area contributed by atoms with E-state index < -0.39 is 16.1 Å². The van der Waals surface area contributed by atoms with Gasteiger partial charge in [0.05, 0.1) is 10.9 Å². The molecule has 3 aromatic carbocycles. The van der Waals surface area contributed by atoms with Crippen molar-refractivity contribution in [3.05, 3.63) is 100 Å². The number of sulfonamides is 1. The number of amides is 1. The molecule has 28 heavy (non-hydrogen) atoms. The predicted octanol–water partition coefficient (Wildman–Crippen LogP) is 3.88. The van der Waals surface area contributed by atoms with Gasteiger partial charge in [-0.15, -0.1) is 0 Å². The van der Waals surface area contributed by atoms with E-state index in [1.807, 2.05) is 54.6 Å². The van der Waals surface area contributed by atoms with E-state index in [-0.39, 0.29) is 16.4 Å². The van der Waals surface area contributed by atoms with Crippen LogP contribution < -0.4 is 10.0 Å². The lowest BCUT2D eigenvalue weighted by Crippen LogP contribution is -2.30. The standard InChI is InChI=1S/C21H19BrN2O3S/c1-23-28(26,27)17-11-7-10-16(14-17)21(25)24-20(15-8-3-2-4-9-15)18-12-5-6-13-19(18)22/h2-14,20,23H,1H3,(H,24,25). The van der Waals surface area contributed by atoms with E-state index in [4.69, 9.17) is 0 Å². The highest BCUT2D eigenvalue weighted by Gasteiger charge is 2.21. The molecule has 0 bridgehead atoms. The number of hydrogen-bond donors (Lipinski definition) is 2. The number of benzene rings is 3. The van der Waals surface area contributed by atoms with Crippen LogP contribution in [0.4, 0.5) is 0 Å². The molecule has 0 saturated heterocycles. The van der Waals surface area contributed by atoms with Crippen LogP contribution in [0.3, 0.4) is 0 Å². The first-order valence-corrected chi connectivity index (χ1v) is 10.8. The SMILES string of the molecule is CNS(=O)(=O)c1cccc(C(=O)NC(c2ccccc2)c2ccccc2Br)c1. The van der Waals surface area contributed by atoms with Crippen molar-refractivity contribution in [2.24, 2.45) is 0 Å². The summed E-state index contributed by atoms with van der Waals surface area (Å²) in [5.41, 5.74) is 2.09. The molecule has 1 amide bonds. The minimum Gasteiger partial charge on any atom is -0.341 e. The number of carbonyl (C=O) groups is 1. The lowest BCUT2D eigenvalue weighted by molar-refractivity contribution is 0.0942. The first-order valence-electron chi connectivity index (χ1n) is 8.56. The van der Waals surface area contributed by atoms with Gasteiger partial charge in [-0.2, -0.15) is 0 Å². The van der Waals surface area contributed by atoms with Crippen molar-refractivity contribution in [2.45, 2.75) is 10.9 Å². The predicted molar refractivity (Wildman–Crippen MR) is 113 cm³/mol. The molecular formula is C21H19BrN2O3S. The fourth-order valence-electron chi connectivity index (χ4n) is 2.83. The summed E-state index contributed by atoms with van der Waals surface area (Å²) < 4.78 is 27.2. The first-order chi connectivity index (χ1) is 13.4. The minimum absolute atomic E-state index is 0.0415. The Hall–Kier alpha value is -2.48. The molecule has 2 N–H and O–H groups in total. The topological polar surface area (TPSA) is 75.3 Å². The molecule has 0 saturated carbocycles. The van der Waals surface area contributed by atoms with E-state index in [0.29, 0.717) is 0 Å². The maximum Gasteiger partial charge on any atom is 0.252 e. The van der Waals surface area contributed by atoms with Gasteiger partial charge in [0.25, 0.3) is 5.91 Å². The van der Waals surface area contributed by atoms with Gasteiger partial charge in [0, 0.05) is 10.0 Å². The van der Waals surface area contributed by atoms with Gasteiger partial charge in [0.15, 0.2) is 0 Å². The summed E-state index contributed by atoms with van der Waals surface area (Å²) in [5.74, 6) is -0.363. The Morgan fingerprint density at radius 1 is 0.929 bits per heavy atom. The summed E-state index contributed by atoms with van der Waals surface area (Å²) >= 11 is 3.55. The van der Waals surface area contributed by atoms with Crippen LogP contribution in [0.1, 0.15) is 27.5 Å². The molecule has 0 aliphatic rings. The van der Waals surface area contributed by atoms with Gasteiger partial charge in [-0.25, -0.2) is 13.1 Å². The van der Waals surface area contributed by atoms with Crippen LogP contribution >= 0.6 is 15.9 Å². The molecule has 1 atom stereocenters. The first kappa shape index (κ1) is 20.3. The summed E-state index contributed by atoms with van der Waals surface area (Å²) in [6, 6.07) is 22.8. The number of nitrogens with one attached hydrogen (secondary N) is 2. The van der Waals surface area contributed by atoms with E-state index in [1.54, 1.807) is 12.1 Å². The van der Waals surface area contributed by atoms with Crippen molar-refractivity contribution in [1.29, 1.82) is 0 Å². The normalized spacial score (nSPS) is 12.4. The molecule has 7 heteroatoms. The Balaban J connectivity index is 1.97. The van der Waals surface area contributed by atoms with Crippen molar-refractivity contribution >= 4 is 31.9 Å². The van der Waals surface area contributed by atoms with Crippen molar-refractivity contribution in [1.82, 2.24) is 10.0 Å². The van der Waals surface area contributed by atoms with Crippen LogP contribution in [0.25, 0.3) is 0 Å². The monoisotopic (exact) mass is 458 g/mol. The molecule has 3 rings (SSSR count). The van der Waals surface area contributed by atoms with E-state index in [1.165, 1.54) is 19.2 Å². The van der Waals surface area contributed by atoms with Crippen LogP contribution in [-0.2, 0) is 10.0 Å². The molecule has 0 aromatic heterocycles. The Morgan fingerprint density at radius 2 is 1.61 bits per heavy atom. The largest absolute Gasteiger partial charge is 0.341 e. The maximum absolute atomic E-state index is 12.9. The van der Waals surface area contributed by atoms with Crippen LogP contribution in [0.15, 0.2) is 88.2 Å². The van der Waals surface area contributed by atoms with Gasteiger partial charge in [0.2, 0.25) is 10.0 Å². The smallest absolute Gasteiger partial charge is 0.252 e. The number of hydrogen-bond acceptors (Lipinski definition) is 3. The minimum atomic E-state index is -3.63. The zero-order valence-corrected chi connectivity index (χ0v) is 17.5. The molecule has 0 aliphatic carbocycles. The fourth-order valence-corrected chi connectivity index (χ4v) is 4.12. The summed E-state index contributed by atoms with van der Waals surface area (Å²) in [4.78, 5) is 13.0. The van der Waals surface area contributed by atoms with Crippen molar-refractivity contribution in [2.75, 3.05) is 7.05 Å². The number of halogens is 1. The number of carbonyl (C=O) groups excluding carboxylic acids is 1. The average molecular weight is 459 g/mol. The summed E-state index contributed by atoms with van der Waals surface area (Å²) in [5, 5.41) is 3.02. The Morgan fingerprint density at radius 3 is 2.29 bits per heavy atom. The van der Waals surface area contributed by atoms with Gasteiger partial charge in [-0.3, -0.25) is 4.79 Å². The van der Waals surface area contributed by atoms with Crippen molar-refractivity contribution in [3.63, 3.8) is 0 Å². The zero-order chi connectivity index (χ0) is 20.1. The third-order valence-electron chi connectivity index (χ3n) is 4.30. The van der Waals surface area contributed by atoms with Gasteiger partial charge < -0.3 is 5.32 Å². The van der Waals surface area contributed by atoms with Crippen molar-refractivity contribution in [3.8, 4) is 0 Å². The Bertz CT molecular complexity index is 1090. The van der Waals surface area contributed by atoms with Gasteiger partial charge >= 0.3 is 0 Å². The summed E-state index contributed by atoms with van der Waals surface area (Å²) in [7, 11) is -2.30. The van der Waals surface area contributed by atoms with Crippen molar-refractivity contribution < 1.29 is 13.2 Å². The summed E-state index contributed by atoms with van der Waals surface area (Å²) in [6.45, 7) is 0. The highest BCUT2D eigenvalue weighted by atomic mass is 79.9. The molecule has 0 fully saturated rings. The van der Waals surface area contributed by atoms with Gasteiger partial charge in [-0.1, -0.05) is 70.5 Å². The molecule has 5 nitrogen and oxygen atoms in total. The van der Waals surface area contributed by atoms with Gasteiger partial charge in [0.1, 0.15) is 0 Å². The van der Waals surface area contributed by atoms with Gasteiger partial charge in [-0.05, 0) is 42.4 Å². The highest BCUT2D eigenvalue weighted by molar-refractivity contribution is 9.10. The second-order valence-corrected chi connectivity index (χ2v) is 8.81. The molecule has 3 aromatic rings. The molecule has 1 unspecified atom stereocenters. The Labute approximate surface area is 173 Å². The third-order valence-corrected chi connectivity index (χ3v) is 6.43. The van der Waals surface area contributed by atoms with E-state index in [2.05, 4.69) is 26.0 Å². The average Bonchev–Trinajstić information content (AvgIpc) is 2.73. The van der Waals surface area contributed by atoms with Crippen LogP contribution in [0.2, 0.25) is 0 Å². The Kier molecular flexibility index (Phi) is 6.28. The van der Waals surface area contributed by atoms with E-state index >= 15 is 0 Å². The van der Waals surface area contributed by atoms with E-state index in [0.717, 1.165) is 15.6 Å². The molecular weight excluding hydrogens is 440 g/mol. The zero-order valence-electron chi connectivity index (χ0n) is 15.1. The number of rotatable bonds is 6. The lowest BCUT2D eigenvalue weighted by Gasteiger charge is -2.21. The quantitative estimate of drug-likeness (QED) is 0.588. The molecule has 144 valence electrons. The van der Waals surface area contributed by atoms with Crippen LogP contribution in [0, 0.1) is 0 Å². The van der Waals surface area contributed by atoms with Crippen LogP contribution in [0.5, 0.6) is 0 Å². The second-order valence-electron chi connectivity index (χ2n) is 6.07. The maximum atomic E-state index is 12.9. The summed E-state index contributed by atoms with van der Waals surface area (Å²) in [6.07, 6.45) is 0. The lowest BCUT2D eigenvalue weighted by atomic mass is 9.98.